The minimum atomic E-state index is -0.600. The van der Waals surface area contributed by atoms with Gasteiger partial charge in [-0.05, 0) is 55.1 Å². The number of allylic oxidation sites excluding steroid dienone is 4. The van der Waals surface area contributed by atoms with Gasteiger partial charge < -0.3 is 10.2 Å². The fourth-order valence-corrected chi connectivity index (χ4v) is 3.89. The molecule has 98 valence electrons. The van der Waals surface area contributed by atoms with Crippen molar-refractivity contribution in [2.24, 2.45) is 17.8 Å². The Labute approximate surface area is 107 Å². The van der Waals surface area contributed by atoms with Crippen LogP contribution in [0, 0.1) is 17.8 Å². The van der Waals surface area contributed by atoms with E-state index in [1.807, 2.05) is 6.92 Å². The third kappa shape index (κ3) is 1.77. The maximum absolute atomic E-state index is 11.7. The highest BCUT2D eigenvalue weighted by atomic mass is 16.3. The minimum absolute atomic E-state index is 0.265. The first-order valence-electron chi connectivity index (χ1n) is 6.86. The monoisotopic (exact) mass is 248 g/mol. The lowest BCUT2D eigenvalue weighted by Crippen LogP contribution is -2.43. The highest BCUT2D eigenvalue weighted by Gasteiger charge is 2.42. The molecule has 0 spiro atoms. The molecule has 5 atom stereocenters. The van der Waals surface area contributed by atoms with Crippen LogP contribution >= 0.6 is 0 Å². The van der Waals surface area contributed by atoms with E-state index < -0.39 is 12.2 Å². The lowest BCUT2D eigenvalue weighted by atomic mass is 9.62. The first-order chi connectivity index (χ1) is 8.58. The van der Waals surface area contributed by atoms with E-state index in [0.717, 1.165) is 12.0 Å². The van der Waals surface area contributed by atoms with E-state index in [1.54, 1.807) is 0 Å². The molecule has 0 aromatic heterocycles. The van der Waals surface area contributed by atoms with Gasteiger partial charge in [0.05, 0.1) is 12.2 Å². The van der Waals surface area contributed by atoms with Gasteiger partial charge in [-0.15, -0.1) is 0 Å². The van der Waals surface area contributed by atoms with Crippen molar-refractivity contribution in [2.45, 2.75) is 44.8 Å². The van der Waals surface area contributed by atoms with Crippen LogP contribution in [0.15, 0.2) is 23.3 Å². The topological polar surface area (TPSA) is 57.5 Å². The van der Waals surface area contributed by atoms with Crippen LogP contribution in [0.3, 0.4) is 0 Å². The van der Waals surface area contributed by atoms with Crippen LogP contribution in [0.4, 0.5) is 0 Å². The van der Waals surface area contributed by atoms with Gasteiger partial charge in [0.1, 0.15) is 0 Å². The molecule has 2 N–H and O–H groups in total. The molecule has 0 unspecified atom stereocenters. The zero-order chi connectivity index (χ0) is 12.9. The summed E-state index contributed by atoms with van der Waals surface area (Å²) in [4.78, 5) is 11.7. The van der Waals surface area contributed by atoms with Crippen LogP contribution in [-0.2, 0) is 4.79 Å². The van der Waals surface area contributed by atoms with Crippen LogP contribution < -0.4 is 0 Å². The maximum Gasteiger partial charge on any atom is 0.158 e. The number of Topliss-reactive ketones (excluding diaryl/α,β-unsaturated/α-hetero) is 1. The average Bonchev–Trinajstić information content (AvgIpc) is 2.35. The van der Waals surface area contributed by atoms with E-state index >= 15 is 0 Å². The van der Waals surface area contributed by atoms with E-state index in [1.165, 1.54) is 5.57 Å². The number of hydrogen-bond acceptors (Lipinski definition) is 3. The van der Waals surface area contributed by atoms with Crippen molar-refractivity contribution in [3.8, 4) is 0 Å². The Balaban J connectivity index is 1.95. The van der Waals surface area contributed by atoms with Gasteiger partial charge in [0.25, 0.3) is 0 Å². The number of ketones is 1. The van der Waals surface area contributed by atoms with E-state index in [4.69, 9.17) is 0 Å². The van der Waals surface area contributed by atoms with Crippen molar-refractivity contribution in [1.29, 1.82) is 0 Å². The third-order valence-corrected chi connectivity index (χ3v) is 4.99. The van der Waals surface area contributed by atoms with Gasteiger partial charge >= 0.3 is 0 Å². The van der Waals surface area contributed by atoms with Gasteiger partial charge in [0, 0.05) is 6.42 Å². The molecule has 0 aliphatic heterocycles. The van der Waals surface area contributed by atoms with Crippen molar-refractivity contribution < 1.29 is 15.0 Å². The Morgan fingerprint density at radius 3 is 2.72 bits per heavy atom. The molecule has 18 heavy (non-hydrogen) atoms. The number of carbonyl (C=O) groups is 1. The lowest BCUT2D eigenvalue weighted by molar-refractivity contribution is -0.116. The van der Waals surface area contributed by atoms with Gasteiger partial charge in [0.15, 0.2) is 5.78 Å². The summed E-state index contributed by atoms with van der Waals surface area (Å²) in [6.07, 6.45) is 5.88. The molecule has 0 heterocycles. The van der Waals surface area contributed by atoms with Crippen molar-refractivity contribution in [3.63, 3.8) is 0 Å². The summed E-state index contributed by atoms with van der Waals surface area (Å²) in [5.41, 5.74) is 2.08. The second kappa shape index (κ2) is 4.32. The predicted octanol–water partition coefficient (Wildman–Crippen LogP) is 1.60. The molecule has 3 nitrogen and oxygen atoms in total. The Hall–Kier alpha value is -0.930. The highest BCUT2D eigenvalue weighted by molar-refractivity contribution is 5.97. The first-order valence-corrected chi connectivity index (χ1v) is 6.86. The Kier molecular flexibility index (Phi) is 2.91. The molecule has 0 saturated heterocycles. The summed E-state index contributed by atoms with van der Waals surface area (Å²) in [6.45, 7) is 1.92. The van der Waals surface area contributed by atoms with Gasteiger partial charge in [-0.2, -0.15) is 0 Å². The summed E-state index contributed by atoms with van der Waals surface area (Å²) >= 11 is 0. The molecule has 1 fully saturated rings. The SMILES string of the molecule is CC1=C2C=C[C@H]3C[C@@H](O)[C@H](O)C[C@@H]3[C@@H]2CCC1=O. The summed E-state index contributed by atoms with van der Waals surface area (Å²) in [6, 6.07) is 0. The van der Waals surface area contributed by atoms with Crippen LogP contribution in [-0.4, -0.2) is 28.2 Å². The first kappa shape index (κ1) is 12.1. The maximum atomic E-state index is 11.7. The fraction of sp³-hybridized carbons (Fsp3) is 0.667. The molecule has 3 aliphatic rings. The highest BCUT2D eigenvalue weighted by Crippen LogP contribution is 2.47. The Morgan fingerprint density at radius 2 is 1.94 bits per heavy atom. The molecular weight excluding hydrogens is 228 g/mol. The standard InChI is InChI=1S/C15H20O3/c1-8-10-3-2-9-6-14(17)15(18)7-12(9)11(10)4-5-13(8)16/h2-3,9,11-12,14-15,17-18H,4-7H2,1H3/t9-,11+,12-,14+,15+/m0/s1. The van der Waals surface area contributed by atoms with E-state index in [-0.39, 0.29) is 5.78 Å². The quantitative estimate of drug-likeness (QED) is 0.684. The summed E-state index contributed by atoms with van der Waals surface area (Å²) in [7, 11) is 0. The van der Waals surface area contributed by atoms with Crippen LogP contribution in [0.2, 0.25) is 0 Å². The van der Waals surface area contributed by atoms with Gasteiger partial charge in [0.2, 0.25) is 0 Å². The molecule has 3 heteroatoms. The van der Waals surface area contributed by atoms with Gasteiger partial charge in [-0.1, -0.05) is 12.2 Å². The van der Waals surface area contributed by atoms with Crippen molar-refractivity contribution >= 4 is 5.78 Å². The molecule has 1 saturated carbocycles. The Bertz CT molecular complexity index is 435. The predicted molar refractivity (Wildman–Crippen MR) is 67.8 cm³/mol. The molecule has 0 radical (unpaired) electrons. The largest absolute Gasteiger partial charge is 0.390 e. The van der Waals surface area contributed by atoms with Crippen molar-refractivity contribution in [2.75, 3.05) is 0 Å². The number of rotatable bonds is 0. The molecule has 0 aromatic carbocycles. The number of aliphatic hydroxyl groups excluding tert-OH is 2. The minimum Gasteiger partial charge on any atom is -0.390 e. The van der Waals surface area contributed by atoms with Crippen LogP contribution in [0.25, 0.3) is 0 Å². The number of fused-ring (bicyclic) bond motifs is 3. The molecule has 0 bridgehead atoms. The summed E-state index contributed by atoms with van der Waals surface area (Å²) in [5.74, 6) is 1.42. The molecule has 0 amide bonds. The molecule has 3 aliphatic carbocycles. The summed E-state index contributed by atoms with van der Waals surface area (Å²) in [5, 5.41) is 19.6. The lowest BCUT2D eigenvalue weighted by Gasteiger charge is -2.44. The van der Waals surface area contributed by atoms with Crippen molar-refractivity contribution in [1.82, 2.24) is 0 Å². The normalized spacial score (nSPS) is 43.7. The molecule has 3 rings (SSSR count). The third-order valence-electron chi connectivity index (χ3n) is 4.99. The second-order valence-electron chi connectivity index (χ2n) is 5.94. The summed E-state index contributed by atoms with van der Waals surface area (Å²) < 4.78 is 0. The van der Waals surface area contributed by atoms with E-state index in [2.05, 4.69) is 12.2 Å². The van der Waals surface area contributed by atoms with Crippen LogP contribution in [0.5, 0.6) is 0 Å². The van der Waals surface area contributed by atoms with Crippen molar-refractivity contribution in [3.05, 3.63) is 23.3 Å². The number of carbonyl (C=O) groups excluding carboxylic acids is 1. The second-order valence-corrected chi connectivity index (χ2v) is 5.94. The molecule has 0 aromatic rings. The van der Waals surface area contributed by atoms with E-state index in [9.17, 15) is 15.0 Å². The number of hydrogen-bond donors (Lipinski definition) is 2. The Morgan fingerprint density at radius 1 is 1.22 bits per heavy atom. The van der Waals surface area contributed by atoms with Gasteiger partial charge in [-0.25, -0.2) is 0 Å². The zero-order valence-electron chi connectivity index (χ0n) is 10.7. The molecular formula is C15H20O3. The van der Waals surface area contributed by atoms with E-state index in [0.29, 0.717) is 37.0 Å². The van der Waals surface area contributed by atoms with Gasteiger partial charge in [-0.3, -0.25) is 4.79 Å². The average molecular weight is 248 g/mol. The zero-order valence-corrected chi connectivity index (χ0v) is 10.7. The smallest absolute Gasteiger partial charge is 0.158 e. The number of aliphatic hydroxyl groups is 2. The van der Waals surface area contributed by atoms with Crippen LogP contribution in [0.1, 0.15) is 32.6 Å². The fourth-order valence-electron chi connectivity index (χ4n) is 3.89.